The highest BCUT2D eigenvalue weighted by Gasteiger charge is 2.28. The number of carbonyl (C=O) groups excluding carboxylic acids is 2. The maximum atomic E-state index is 12.8. The van der Waals surface area contributed by atoms with Crippen LogP contribution in [0.2, 0.25) is 0 Å². The zero-order valence-corrected chi connectivity index (χ0v) is 17.3. The molecule has 1 N–H and O–H groups in total. The van der Waals surface area contributed by atoms with Crippen molar-refractivity contribution in [3.05, 3.63) is 42.4 Å². The summed E-state index contributed by atoms with van der Waals surface area (Å²) in [6.45, 7) is 3.02. The van der Waals surface area contributed by atoms with Gasteiger partial charge in [-0.1, -0.05) is 12.8 Å². The quantitative estimate of drug-likeness (QED) is 0.783. The first-order valence-corrected chi connectivity index (χ1v) is 10.7. The molecule has 2 aliphatic rings. The molecule has 0 radical (unpaired) electrons. The number of oxazole rings is 1. The maximum Gasteiger partial charge on any atom is 0.275 e. The van der Waals surface area contributed by atoms with E-state index < -0.39 is 0 Å². The lowest BCUT2D eigenvalue weighted by molar-refractivity contribution is -0.125. The molecule has 8 heteroatoms. The minimum atomic E-state index is -0.363. The van der Waals surface area contributed by atoms with E-state index in [0.29, 0.717) is 19.0 Å². The second-order valence-corrected chi connectivity index (χ2v) is 8.08. The lowest BCUT2D eigenvalue weighted by Crippen LogP contribution is -2.42. The molecule has 1 saturated heterocycles. The predicted octanol–water partition coefficient (Wildman–Crippen LogP) is 3.12. The lowest BCUT2D eigenvalue weighted by Gasteiger charge is -2.31. The van der Waals surface area contributed by atoms with Gasteiger partial charge in [0, 0.05) is 38.0 Å². The summed E-state index contributed by atoms with van der Waals surface area (Å²) >= 11 is 0. The highest BCUT2D eigenvalue weighted by Crippen LogP contribution is 2.26. The monoisotopic (exact) mass is 412 g/mol. The Morgan fingerprint density at radius 2 is 2.00 bits per heavy atom. The van der Waals surface area contributed by atoms with Crippen molar-refractivity contribution in [2.45, 2.75) is 57.6 Å². The van der Waals surface area contributed by atoms with Gasteiger partial charge in [0.15, 0.2) is 5.69 Å². The molecule has 2 fully saturated rings. The number of aromatic nitrogens is 2. The van der Waals surface area contributed by atoms with Gasteiger partial charge in [0.05, 0.1) is 6.20 Å². The number of hydrogen-bond acceptors (Lipinski definition) is 6. The van der Waals surface area contributed by atoms with Gasteiger partial charge in [0.2, 0.25) is 11.8 Å². The van der Waals surface area contributed by atoms with E-state index in [1.54, 1.807) is 17.3 Å². The van der Waals surface area contributed by atoms with Crippen molar-refractivity contribution in [3.63, 3.8) is 0 Å². The molecule has 1 saturated carbocycles. The molecule has 1 aliphatic carbocycles. The van der Waals surface area contributed by atoms with Crippen molar-refractivity contribution >= 4 is 11.8 Å². The summed E-state index contributed by atoms with van der Waals surface area (Å²) in [5, 5.41) is 2.96. The summed E-state index contributed by atoms with van der Waals surface area (Å²) in [7, 11) is 0. The molecule has 1 atom stereocenters. The topological polar surface area (TPSA) is 97.6 Å². The molecule has 160 valence electrons. The predicted molar refractivity (Wildman–Crippen MR) is 109 cm³/mol. The summed E-state index contributed by atoms with van der Waals surface area (Å²) in [5.41, 5.74) is 0.276. The second kappa shape index (κ2) is 9.28. The molecule has 2 aromatic rings. The molecular weight excluding hydrogens is 384 g/mol. The molecule has 30 heavy (non-hydrogen) atoms. The van der Waals surface area contributed by atoms with E-state index in [1.165, 1.54) is 6.26 Å². The number of likely N-dealkylation sites (tertiary alicyclic amines) is 1. The normalized spacial score (nSPS) is 18.9. The summed E-state index contributed by atoms with van der Waals surface area (Å²) in [6.07, 6.45) is 10.4. The van der Waals surface area contributed by atoms with Crippen LogP contribution in [0, 0.1) is 5.92 Å². The summed E-state index contributed by atoms with van der Waals surface area (Å²) in [5.74, 6) is 1.08. The molecule has 4 rings (SSSR count). The first-order chi connectivity index (χ1) is 14.6. The van der Waals surface area contributed by atoms with E-state index in [9.17, 15) is 9.59 Å². The molecule has 0 spiro atoms. The van der Waals surface area contributed by atoms with E-state index >= 15 is 0 Å². The van der Waals surface area contributed by atoms with Crippen LogP contribution in [-0.2, 0) is 4.79 Å². The summed E-state index contributed by atoms with van der Waals surface area (Å²) in [4.78, 5) is 35.3. The zero-order valence-electron chi connectivity index (χ0n) is 17.3. The summed E-state index contributed by atoms with van der Waals surface area (Å²) in [6, 6.07) is 3.36. The van der Waals surface area contributed by atoms with Gasteiger partial charge in [-0.2, -0.15) is 0 Å². The Morgan fingerprint density at radius 1 is 1.23 bits per heavy atom. The van der Waals surface area contributed by atoms with Gasteiger partial charge >= 0.3 is 0 Å². The van der Waals surface area contributed by atoms with Crippen molar-refractivity contribution in [3.8, 4) is 5.75 Å². The van der Waals surface area contributed by atoms with Crippen LogP contribution in [0.4, 0.5) is 0 Å². The fraction of sp³-hybridized carbons (Fsp3) is 0.545. The Bertz CT molecular complexity index is 855. The van der Waals surface area contributed by atoms with E-state index in [4.69, 9.17) is 9.15 Å². The third-order valence-electron chi connectivity index (χ3n) is 5.86. The average Bonchev–Trinajstić information content (AvgIpc) is 3.47. The number of rotatable bonds is 6. The van der Waals surface area contributed by atoms with Crippen LogP contribution in [0.5, 0.6) is 5.75 Å². The number of ether oxygens (including phenoxy) is 1. The Hall–Kier alpha value is -2.90. The van der Waals surface area contributed by atoms with Crippen molar-refractivity contribution in [2.24, 2.45) is 5.92 Å². The van der Waals surface area contributed by atoms with Crippen LogP contribution in [0.25, 0.3) is 0 Å². The molecule has 3 heterocycles. The Kier molecular flexibility index (Phi) is 6.30. The van der Waals surface area contributed by atoms with E-state index in [-0.39, 0.29) is 35.6 Å². The van der Waals surface area contributed by atoms with Gasteiger partial charge < -0.3 is 19.4 Å². The van der Waals surface area contributed by atoms with Crippen LogP contribution >= 0.6 is 0 Å². The molecule has 0 aromatic carbocycles. The van der Waals surface area contributed by atoms with Crippen LogP contribution in [-0.4, -0.2) is 45.9 Å². The summed E-state index contributed by atoms with van der Waals surface area (Å²) < 4.78 is 11.4. The Balaban J connectivity index is 1.28. The standard InChI is InChI=1S/C22H28N4O4/c1-15(24-20(27)16-5-2-3-6-16)21-25-19(14-29-21)22(28)26-11-8-17(9-12-26)30-18-7-4-10-23-13-18/h4,7,10,13-17H,2-3,5-6,8-9,11-12H2,1H3,(H,24,27)/t15-/m0/s1. The Labute approximate surface area is 176 Å². The fourth-order valence-corrected chi connectivity index (χ4v) is 4.11. The largest absolute Gasteiger partial charge is 0.489 e. The molecule has 0 bridgehead atoms. The van der Waals surface area contributed by atoms with Crippen LogP contribution in [0.15, 0.2) is 35.2 Å². The highest BCUT2D eigenvalue weighted by atomic mass is 16.5. The zero-order chi connectivity index (χ0) is 20.9. The van der Waals surface area contributed by atoms with Gasteiger partial charge in [-0.15, -0.1) is 0 Å². The van der Waals surface area contributed by atoms with Gasteiger partial charge in [0.1, 0.15) is 24.2 Å². The molecule has 1 aliphatic heterocycles. The smallest absolute Gasteiger partial charge is 0.275 e. The van der Waals surface area contributed by atoms with Gasteiger partial charge in [-0.05, 0) is 31.9 Å². The molecule has 8 nitrogen and oxygen atoms in total. The number of nitrogens with zero attached hydrogens (tertiary/aromatic N) is 3. The van der Waals surface area contributed by atoms with Crippen LogP contribution < -0.4 is 10.1 Å². The molecule has 2 amide bonds. The van der Waals surface area contributed by atoms with Crippen molar-refractivity contribution in [1.82, 2.24) is 20.2 Å². The number of nitrogens with one attached hydrogen (secondary N) is 1. The van der Waals surface area contributed by atoms with E-state index in [1.807, 2.05) is 19.1 Å². The lowest BCUT2D eigenvalue weighted by atomic mass is 10.1. The molecule has 2 aromatic heterocycles. The minimum Gasteiger partial charge on any atom is -0.489 e. The first-order valence-electron chi connectivity index (χ1n) is 10.7. The number of piperidine rings is 1. The first kappa shape index (κ1) is 20.4. The molecule has 0 unspecified atom stereocenters. The number of carbonyl (C=O) groups is 2. The third-order valence-corrected chi connectivity index (χ3v) is 5.86. The van der Waals surface area contributed by atoms with Gasteiger partial charge in [-0.25, -0.2) is 4.98 Å². The van der Waals surface area contributed by atoms with E-state index in [0.717, 1.165) is 44.3 Å². The number of pyridine rings is 1. The van der Waals surface area contributed by atoms with E-state index in [2.05, 4.69) is 15.3 Å². The number of amides is 2. The molecular formula is C22H28N4O4. The third kappa shape index (κ3) is 4.80. The van der Waals surface area contributed by atoms with Crippen LogP contribution in [0.1, 0.15) is 67.9 Å². The van der Waals surface area contributed by atoms with Gasteiger partial charge in [0.25, 0.3) is 5.91 Å². The minimum absolute atomic E-state index is 0.0433. The highest BCUT2D eigenvalue weighted by molar-refractivity contribution is 5.92. The Morgan fingerprint density at radius 3 is 2.70 bits per heavy atom. The fourth-order valence-electron chi connectivity index (χ4n) is 4.11. The SMILES string of the molecule is C[C@H](NC(=O)C1CCCC1)c1nc(C(=O)N2CCC(Oc3cccnc3)CC2)co1. The number of hydrogen-bond donors (Lipinski definition) is 1. The van der Waals surface area contributed by atoms with Crippen molar-refractivity contribution < 1.29 is 18.7 Å². The van der Waals surface area contributed by atoms with Gasteiger partial charge in [-0.3, -0.25) is 14.6 Å². The maximum absolute atomic E-state index is 12.8. The van der Waals surface area contributed by atoms with Crippen LogP contribution in [0.3, 0.4) is 0 Å². The second-order valence-electron chi connectivity index (χ2n) is 8.08. The average molecular weight is 412 g/mol. The van der Waals surface area contributed by atoms with Crippen molar-refractivity contribution in [1.29, 1.82) is 0 Å². The van der Waals surface area contributed by atoms with Crippen molar-refractivity contribution in [2.75, 3.05) is 13.1 Å².